The van der Waals surface area contributed by atoms with Crippen LogP contribution in [0.3, 0.4) is 0 Å². The van der Waals surface area contributed by atoms with Gasteiger partial charge in [-0.3, -0.25) is 0 Å². The zero-order valence-electron chi connectivity index (χ0n) is 7.21. The van der Waals surface area contributed by atoms with E-state index in [1.807, 2.05) is 24.3 Å². The predicted octanol–water partition coefficient (Wildman–Crippen LogP) is 2.48. The Morgan fingerprint density at radius 3 is 2.62 bits per heavy atom. The number of methoxy groups -OCH3 is 1. The van der Waals surface area contributed by atoms with Crippen molar-refractivity contribution in [1.82, 2.24) is 0 Å². The Morgan fingerprint density at radius 2 is 2.08 bits per heavy atom. The SMILES string of the molecule is C=C(C(=O)OC)c1ccccc1I. The smallest absolute Gasteiger partial charge is 0.337 e. The highest BCUT2D eigenvalue weighted by molar-refractivity contribution is 14.1. The summed E-state index contributed by atoms with van der Waals surface area (Å²) in [6.07, 6.45) is 0. The monoisotopic (exact) mass is 288 g/mol. The van der Waals surface area contributed by atoms with E-state index < -0.39 is 0 Å². The second kappa shape index (κ2) is 4.41. The third-order valence-electron chi connectivity index (χ3n) is 1.63. The molecule has 0 aliphatic rings. The van der Waals surface area contributed by atoms with Crippen LogP contribution in [-0.2, 0) is 9.53 Å². The lowest BCUT2D eigenvalue weighted by molar-refractivity contribution is -0.133. The molecule has 68 valence electrons. The maximum atomic E-state index is 11.1. The van der Waals surface area contributed by atoms with Crippen LogP contribution in [0, 0.1) is 3.57 Å². The number of benzene rings is 1. The lowest BCUT2D eigenvalue weighted by Crippen LogP contribution is -2.03. The van der Waals surface area contributed by atoms with Crippen LogP contribution in [-0.4, -0.2) is 13.1 Å². The highest BCUT2D eigenvalue weighted by Gasteiger charge is 2.11. The summed E-state index contributed by atoms with van der Waals surface area (Å²) in [4.78, 5) is 11.1. The molecule has 0 bridgehead atoms. The molecular formula is C10H9IO2. The molecule has 0 aliphatic carbocycles. The quantitative estimate of drug-likeness (QED) is 0.475. The zero-order valence-corrected chi connectivity index (χ0v) is 9.37. The normalized spacial score (nSPS) is 9.38. The summed E-state index contributed by atoms with van der Waals surface area (Å²) >= 11 is 2.16. The van der Waals surface area contributed by atoms with E-state index in [9.17, 15) is 4.79 Å². The molecule has 0 spiro atoms. The van der Waals surface area contributed by atoms with Crippen LogP contribution in [0.15, 0.2) is 30.8 Å². The fraction of sp³-hybridized carbons (Fsp3) is 0.100. The minimum atomic E-state index is -0.385. The Balaban J connectivity index is 3.02. The van der Waals surface area contributed by atoms with Gasteiger partial charge in [0.1, 0.15) is 0 Å². The van der Waals surface area contributed by atoms with Crippen molar-refractivity contribution in [2.45, 2.75) is 0 Å². The summed E-state index contributed by atoms with van der Waals surface area (Å²) in [7, 11) is 1.35. The van der Waals surface area contributed by atoms with Gasteiger partial charge in [0.05, 0.1) is 12.7 Å². The summed E-state index contributed by atoms with van der Waals surface area (Å²) in [5, 5.41) is 0. The number of rotatable bonds is 2. The minimum Gasteiger partial charge on any atom is -0.465 e. The molecule has 0 amide bonds. The van der Waals surface area contributed by atoms with Crippen LogP contribution >= 0.6 is 22.6 Å². The van der Waals surface area contributed by atoms with E-state index in [2.05, 4.69) is 33.9 Å². The average Bonchev–Trinajstić information content (AvgIpc) is 2.16. The lowest BCUT2D eigenvalue weighted by Gasteiger charge is -2.05. The van der Waals surface area contributed by atoms with Crippen LogP contribution in [0.5, 0.6) is 0 Å². The fourth-order valence-corrected chi connectivity index (χ4v) is 1.65. The minimum absolute atomic E-state index is 0.385. The number of halogens is 1. The van der Waals surface area contributed by atoms with Gasteiger partial charge in [0, 0.05) is 9.13 Å². The first kappa shape index (κ1) is 10.2. The largest absolute Gasteiger partial charge is 0.465 e. The van der Waals surface area contributed by atoms with Gasteiger partial charge in [0.15, 0.2) is 0 Å². The lowest BCUT2D eigenvalue weighted by atomic mass is 10.1. The maximum absolute atomic E-state index is 11.1. The fourth-order valence-electron chi connectivity index (χ4n) is 0.939. The topological polar surface area (TPSA) is 26.3 Å². The number of hydrogen-bond donors (Lipinski definition) is 0. The standard InChI is InChI=1S/C10H9IO2/c1-7(10(12)13-2)8-5-3-4-6-9(8)11/h3-6H,1H2,2H3. The van der Waals surface area contributed by atoms with E-state index in [1.165, 1.54) is 7.11 Å². The maximum Gasteiger partial charge on any atom is 0.337 e. The van der Waals surface area contributed by atoms with Crippen molar-refractivity contribution in [2.75, 3.05) is 7.11 Å². The molecule has 13 heavy (non-hydrogen) atoms. The Labute approximate surface area is 90.7 Å². The Morgan fingerprint density at radius 1 is 1.46 bits per heavy atom. The Hall–Kier alpha value is -0.840. The molecule has 0 unspecified atom stereocenters. The zero-order chi connectivity index (χ0) is 9.84. The van der Waals surface area contributed by atoms with Crippen LogP contribution in [0.25, 0.3) is 5.57 Å². The van der Waals surface area contributed by atoms with E-state index in [0.29, 0.717) is 5.57 Å². The molecule has 0 radical (unpaired) electrons. The molecule has 3 heteroatoms. The van der Waals surface area contributed by atoms with Gasteiger partial charge in [0.2, 0.25) is 0 Å². The highest BCUT2D eigenvalue weighted by atomic mass is 127. The molecule has 1 rings (SSSR count). The molecule has 0 saturated carbocycles. The molecule has 1 aromatic carbocycles. The van der Waals surface area contributed by atoms with Crippen LogP contribution < -0.4 is 0 Å². The van der Waals surface area contributed by atoms with E-state index in [-0.39, 0.29) is 5.97 Å². The van der Waals surface area contributed by atoms with Gasteiger partial charge in [-0.2, -0.15) is 0 Å². The van der Waals surface area contributed by atoms with Crippen molar-refractivity contribution in [3.05, 3.63) is 40.0 Å². The molecular weight excluding hydrogens is 279 g/mol. The molecule has 2 nitrogen and oxygen atoms in total. The van der Waals surface area contributed by atoms with Crippen molar-refractivity contribution in [3.63, 3.8) is 0 Å². The number of carbonyl (C=O) groups is 1. The van der Waals surface area contributed by atoms with Crippen molar-refractivity contribution in [2.24, 2.45) is 0 Å². The molecule has 0 atom stereocenters. The summed E-state index contributed by atoms with van der Waals surface area (Å²) in [5.74, 6) is -0.385. The van der Waals surface area contributed by atoms with Gasteiger partial charge in [0.25, 0.3) is 0 Å². The van der Waals surface area contributed by atoms with Crippen molar-refractivity contribution in [1.29, 1.82) is 0 Å². The van der Waals surface area contributed by atoms with E-state index in [0.717, 1.165) is 9.13 Å². The van der Waals surface area contributed by atoms with Crippen molar-refractivity contribution >= 4 is 34.1 Å². The molecule has 0 N–H and O–H groups in total. The van der Waals surface area contributed by atoms with Gasteiger partial charge in [-0.1, -0.05) is 24.8 Å². The molecule has 0 saturated heterocycles. The van der Waals surface area contributed by atoms with Crippen LogP contribution in [0.4, 0.5) is 0 Å². The van der Waals surface area contributed by atoms with Crippen molar-refractivity contribution < 1.29 is 9.53 Å². The first-order valence-electron chi connectivity index (χ1n) is 3.69. The number of carbonyl (C=O) groups excluding carboxylic acids is 1. The highest BCUT2D eigenvalue weighted by Crippen LogP contribution is 2.19. The number of ether oxygens (including phenoxy) is 1. The second-order valence-corrected chi connectivity index (χ2v) is 3.61. The molecule has 0 fully saturated rings. The molecule has 0 aromatic heterocycles. The van der Waals surface area contributed by atoms with Crippen LogP contribution in [0.1, 0.15) is 5.56 Å². The van der Waals surface area contributed by atoms with Gasteiger partial charge in [-0.05, 0) is 28.7 Å². The van der Waals surface area contributed by atoms with Gasteiger partial charge < -0.3 is 4.74 Å². The summed E-state index contributed by atoms with van der Waals surface area (Å²) < 4.78 is 5.58. The van der Waals surface area contributed by atoms with Gasteiger partial charge >= 0.3 is 5.97 Å². The number of hydrogen-bond acceptors (Lipinski definition) is 2. The van der Waals surface area contributed by atoms with Gasteiger partial charge in [-0.15, -0.1) is 0 Å². The van der Waals surface area contributed by atoms with Gasteiger partial charge in [-0.25, -0.2) is 4.79 Å². The summed E-state index contributed by atoms with van der Waals surface area (Å²) in [6, 6.07) is 7.55. The summed E-state index contributed by atoms with van der Waals surface area (Å²) in [5.41, 5.74) is 1.22. The third kappa shape index (κ3) is 2.30. The molecule has 1 aromatic rings. The molecule has 0 heterocycles. The average molecular weight is 288 g/mol. The van der Waals surface area contributed by atoms with Crippen LogP contribution in [0.2, 0.25) is 0 Å². The first-order chi connectivity index (χ1) is 6.16. The van der Waals surface area contributed by atoms with Crippen molar-refractivity contribution in [3.8, 4) is 0 Å². The summed E-state index contributed by atoms with van der Waals surface area (Å²) in [6.45, 7) is 3.68. The van der Waals surface area contributed by atoms with E-state index in [1.54, 1.807) is 0 Å². The number of esters is 1. The van der Waals surface area contributed by atoms with E-state index >= 15 is 0 Å². The molecule has 0 aliphatic heterocycles. The second-order valence-electron chi connectivity index (χ2n) is 2.45. The first-order valence-corrected chi connectivity index (χ1v) is 4.77. The Bertz CT molecular complexity index is 345. The third-order valence-corrected chi connectivity index (χ3v) is 2.57. The Kier molecular flexibility index (Phi) is 3.48. The van der Waals surface area contributed by atoms with E-state index in [4.69, 9.17) is 0 Å². The predicted molar refractivity (Wildman–Crippen MR) is 60.2 cm³/mol.